The molecule has 1 amide bonds. The smallest absolute Gasteiger partial charge is 0.338 e. The van der Waals surface area contributed by atoms with Crippen molar-refractivity contribution in [2.24, 2.45) is 0 Å². The van der Waals surface area contributed by atoms with Crippen molar-refractivity contribution in [2.75, 3.05) is 11.3 Å². The second-order valence-corrected chi connectivity index (χ2v) is 8.45. The summed E-state index contributed by atoms with van der Waals surface area (Å²) in [6.07, 6.45) is 0. The number of carbonyl (C=O) groups excluding carboxylic acids is 2. The van der Waals surface area contributed by atoms with E-state index >= 15 is 0 Å². The topological polar surface area (TPSA) is 102 Å². The molecule has 1 unspecified atom stereocenters. The lowest BCUT2D eigenvalue weighted by Crippen LogP contribution is -2.31. The highest BCUT2D eigenvalue weighted by Gasteiger charge is 2.17. The van der Waals surface area contributed by atoms with Crippen molar-refractivity contribution in [3.05, 3.63) is 96.1 Å². The third kappa shape index (κ3) is 6.16. The highest BCUT2D eigenvalue weighted by molar-refractivity contribution is 7.92. The third-order valence-corrected chi connectivity index (χ3v) is 5.83. The van der Waals surface area contributed by atoms with E-state index in [9.17, 15) is 18.0 Å². The molecule has 31 heavy (non-hydrogen) atoms. The Hall–Kier alpha value is -3.65. The summed E-state index contributed by atoms with van der Waals surface area (Å²) in [5.41, 5.74) is 1.51. The molecule has 0 saturated carbocycles. The molecule has 0 saturated heterocycles. The van der Waals surface area contributed by atoms with E-state index in [1.165, 1.54) is 24.3 Å². The van der Waals surface area contributed by atoms with Crippen LogP contribution in [-0.2, 0) is 19.6 Å². The van der Waals surface area contributed by atoms with Gasteiger partial charge >= 0.3 is 5.97 Å². The Morgan fingerprint density at radius 3 is 2.06 bits per heavy atom. The number of esters is 1. The zero-order chi connectivity index (χ0) is 22.3. The largest absolute Gasteiger partial charge is 0.452 e. The molecule has 160 valence electrons. The van der Waals surface area contributed by atoms with Crippen molar-refractivity contribution in [1.29, 1.82) is 0 Å². The van der Waals surface area contributed by atoms with Gasteiger partial charge in [0.25, 0.3) is 15.9 Å². The Balaban J connectivity index is 1.54. The predicted molar refractivity (Wildman–Crippen MR) is 117 cm³/mol. The summed E-state index contributed by atoms with van der Waals surface area (Å²) in [5, 5.41) is 2.75. The fraction of sp³-hybridized carbons (Fsp3) is 0.130. The SMILES string of the molecule is CC(NC(=O)COC(=O)c1ccc(S(=O)(=O)Nc2ccccc2)cc1)c1ccccc1. The summed E-state index contributed by atoms with van der Waals surface area (Å²) < 4.78 is 32.4. The molecule has 8 heteroatoms. The monoisotopic (exact) mass is 438 g/mol. The van der Waals surface area contributed by atoms with Crippen LogP contribution in [0.3, 0.4) is 0 Å². The van der Waals surface area contributed by atoms with Crippen LogP contribution in [0.2, 0.25) is 0 Å². The van der Waals surface area contributed by atoms with Gasteiger partial charge in [-0.1, -0.05) is 48.5 Å². The van der Waals surface area contributed by atoms with Gasteiger partial charge in [-0.3, -0.25) is 9.52 Å². The van der Waals surface area contributed by atoms with Gasteiger partial charge in [0.05, 0.1) is 16.5 Å². The number of rotatable bonds is 8. The third-order valence-electron chi connectivity index (χ3n) is 4.44. The first-order chi connectivity index (χ1) is 14.8. The molecule has 0 spiro atoms. The van der Waals surface area contributed by atoms with Gasteiger partial charge in [-0.05, 0) is 48.9 Å². The minimum atomic E-state index is -3.79. The molecule has 0 aliphatic carbocycles. The first-order valence-corrected chi connectivity index (χ1v) is 11.0. The van der Waals surface area contributed by atoms with Gasteiger partial charge in [0, 0.05) is 5.69 Å². The zero-order valence-corrected chi connectivity index (χ0v) is 17.6. The summed E-state index contributed by atoms with van der Waals surface area (Å²) in [4.78, 5) is 24.2. The van der Waals surface area contributed by atoms with Crippen molar-refractivity contribution in [2.45, 2.75) is 17.9 Å². The number of benzene rings is 3. The van der Waals surface area contributed by atoms with Crippen molar-refractivity contribution in [3.63, 3.8) is 0 Å². The van der Waals surface area contributed by atoms with E-state index in [1.807, 2.05) is 37.3 Å². The second kappa shape index (κ2) is 9.90. The molecule has 3 aromatic rings. The maximum atomic E-state index is 12.4. The number of amides is 1. The first kappa shape index (κ1) is 22.0. The van der Waals surface area contributed by atoms with E-state index in [4.69, 9.17) is 4.74 Å². The maximum absolute atomic E-state index is 12.4. The lowest BCUT2D eigenvalue weighted by molar-refractivity contribution is -0.124. The van der Waals surface area contributed by atoms with Crippen molar-refractivity contribution < 1.29 is 22.7 Å². The van der Waals surface area contributed by atoms with Crippen molar-refractivity contribution in [3.8, 4) is 0 Å². The summed E-state index contributed by atoms with van der Waals surface area (Å²) in [6.45, 7) is 1.39. The van der Waals surface area contributed by atoms with Crippen LogP contribution in [0.5, 0.6) is 0 Å². The number of anilines is 1. The standard InChI is InChI=1S/C23H22N2O5S/c1-17(18-8-4-2-5-9-18)24-22(26)16-30-23(27)19-12-14-21(15-13-19)31(28,29)25-20-10-6-3-7-11-20/h2-15,17,25H,16H2,1H3,(H,24,26). The van der Waals surface area contributed by atoms with E-state index < -0.39 is 28.5 Å². The van der Waals surface area contributed by atoms with Gasteiger partial charge in [-0.2, -0.15) is 0 Å². The Kier molecular flexibility index (Phi) is 7.04. The molecule has 3 rings (SSSR count). The van der Waals surface area contributed by atoms with Crippen LogP contribution < -0.4 is 10.0 Å². The first-order valence-electron chi connectivity index (χ1n) is 9.54. The maximum Gasteiger partial charge on any atom is 0.338 e. The minimum absolute atomic E-state index is 0.00216. The fourth-order valence-corrected chi connectivity index (χ4v) is 3.87. The molecule has 0 aromatic heterocycles. The Labute approximate surface area is 181 Å². The normalized spacial score (nSPS) is 11.9. The highest BCUT2D eigenvalue weighted by Crippen LogP contribution is 2.17. The van der Waals surface area contributed by atoms with Crippen LogP contribution in [0, 0.1) is 0 Å². The molecule has 2 N–H and O–H groups in total. The van der Waals surface area contributed by atoms with Crippen LogP contribution in [0.4, 0.5) is 5.69 Å². The van der Waals surface area contributed by atoms with Gasteiger partial charge in [0.15, 0.2) is 6.61 Å². The van der Waals surface area contributed by atoms with Gasteiger partial charge < -0.3 is 10.1 Å². The minimum Gasteiger partial charge on any atom is -0.452 e. The Morgan fingerprint density at radius 2 is 1.45 bits per heavy atom. The number of hydrogen-bond donors (Lipinski definition) is 2. The van der Waals surface area contributed by atoms with Crippen LogP contribution in [0.25, 0.3) is 0 Å². The van der Waals surface area contributed by atoms with E-state index in [-0.39, 0.29) is 16.5 Å². The van der Waals surface area contributed by atoms with Gasteiger partial charge in [-0.15, -0.1) is 0 Å². The Bertz CT molecular complexity index is 1130. The average Bonchev–Trinajstić information content (AvgIpc) is 2.78. The molecule has 0 radical (unpaired) electrons. The second-order valence-electron chi connectivity index (χ2n) is 6.77. The van der Waals surface area contributed by atoms with E-state index in [0.717, 1.165) is 5.56 Å². The fourth-order valence-electron chi connectivity index (χ4n) is 2.81. The van der Waals surface area contributed by atoms with E-state index in [1.54, 1.807) is 30.3 Å². The summed E-state index contributed by atoms with van der Waals surface area (Å²) in [5.74, 6) is -1.15. The van der Waals surface area contributed by atoms with Crippen LogP contribution in [0.1, 0.15) is 28.9 Å². The van der Waals surface area contributed by atoms with E-state index in [2.05, 4.69) is 10.0 Å². The molecule has 0 aliphatic rings. The van der Waals surface area contributed by atoms with Gasteiger partial charge in [-0.25, -0.2) is 13.2 Å². The van der Waals surface area contributed by atoms with Crippen LogP contribution in [-0.4, -0.2) is 26.9 Å². The molecule has 0 fully saturated rings. The van der Waals surface area contributed by atoms with Crippen LogP contribution in [0.15, 0.2) is 89.8 Å². The summed E-state index contributed by atoms with van der Waals surface area (Å²) >= 11 is 0. The number of carbonyl (C=O) groups is 2. The average molecular weight is 439 g/mol. The molecule has 0 heterocycles. The van der Waals surface area contributed by atoms with Crippen LogP contribution >= 0.6 is 0 Å². The summed E-state index contributed by atoms with van der Waals surface area (Å²) in [7, 11) is -3.79. The Morgan fingerprint density at radius 1 is 0.871 bits per heavy atom. The van der Waals surface area contributed by atoms with Crippen molar-refractivity contribution in [1.82, 2.24) is 5.32 Å². The van der Waals surface area contributed by atoms with Crippen molar-refractivity contribution >= 4 is 27.6 Å². The zero-order valence-electron chi connectivity index (χ0n) is 16.8. The lowest BCUT2D eigenvalue weighted by atomic mass is 10.1. The van der Waals surface area contributed by atoms with E-state index in [0.29, 0.717) is 5.69 Å². The number of sulfonamides is 1. The molecule has 0 bridgehead atoms. The predicted octanol–water partition coefficient (Wildman–Crippen LogP) is 3.52. The molecule has 3 aromatic carbocycles. The molecule has 1 atom stereocenters. The molecular formula is C23H22N2O5S. The highest BCUT2D eigenvalue weighted by atomic mass is 32.2. The molecular weight excluding hydrogens is 416 g/mol. The number of para-hydroxylation sites is 1. The quantitative estimate of drug-likeness (QED) is 0.524. The molecule has 7 nitrogen and oxygen atoms in total. The van der Waals surface area contributed by atoms with Gasteiger partial charge in [0.2, 0.25) is 0 Å². The lowest BCUT2D eigenvalue weighted by Gasteiger charge is -2.14. The number of ether oxygens (including phenoxy) is 1. The number of nitrogens with one attached hydrogen (secondary N) is 2. The number of hydrogen-bond acceptors (Lipinski definition) is 5. The molecule has 0 aliphatic heterocycles. The summed E-state index contributed by atoms with van der Waals surface area (Å²) in [6, 6.07) is 22.9. The van der Waals surface area contributed by atoms with Gasteiger partial charge in [0.1, 0.15) is 0 Å².